The van der Waals surface area contributed by atoms with E-state index in [0.29, 0.717) is 11.3 Å². The van der Waals surface area contributed by atoms with Crippen molar-refractivity contribution in [3.63, 3.8) is 0 Å². The number of benzene rings is 1. The Labute approximate surface area is 111 Å². The summed E-state index contributed by atoms with van der Waals surface area (Å²) in [6.07, 6.45) is 2.69. The third-order valence-corrected chi connectivity index (χ3v) is 2.72. The van der Waals surface area contributed by atoms with Gasteiger partial charge < -0.3 is 5.11 Å². The molecule has 2 N–H and O–H groups in total. The number of nitrogens with one attached hydrogen (secondary N) is 1. The van der Waals surface area contributed by atoms with Crippen LogP contribution in [-0.4, -0.2) is 36.0 Å². The van der Waals surface area contributed by atoms with Gasteiger partial charge in [0.15, 0.2) is 0 Å². The minimum Gasteiger partial charge on any atom is -0.477 e. The lowest BCUT2D eigenvalue weighted by Gasteiger charge is -2.03. The van der Waals surface area contributed by atoms with Gasteiger partial charge >= 0.3 is 5.97 Å². The number of nitrogens with zero attached hydrogens (tertiary/aromatic N) is 4. The lowest BCUT2D eigenvalue weighted by atomic mass is 10.1. The summed E-state index contributed by atoms with van der Waals surface area (Å²) in [5, 5.41) is 18.8. The topological polar surface area (TPSA) is 96.7 Å². The van der Waals surface area contributed by atoms with E-state index in [9.17, 15) is 9.18 Å². The van der Waals surface area contributed by atoms with Crippen molar-refractivity contribution in [3.8, 4) is 16.9 Å². The summed E-state index contributed by atoms with van der Waals surface area (Å²) in [7, 11) is 0. The third kappa shape index (κ3) is 2.03. The van der Waals surface area contributed by atoms with E-state index >= 15 is 0 Å². The standard InChI is InChI=1S/C12H8FN5O2/c13-8-3-7(9-4-10(12(19)20)17-16-9)1-2-11(8)18-6-14-5-15-18/h1-6H,(H,16,17)(H,19,20). The zero-order chi connectivity index (χ0) is 14.1. The second-order valence-electron chi connectivity index (χ2n) is 3.98. The molecule has 0 saturated heterocycles. The molecule has 0 aliphatic rings. The molecular weight excluding hydrogens is 265 g/mol. The van der Waals surface area contributed by atoms with Crippen LogP contribution in [0.25, 0.3) is 16.9 Å². The molecule has 2 aromatic heterocycles. The van der Waals surface area contributed by atoms with Crippen molar-refractivity contribution in [2.45, 2.75) is 0 Å². The number of hydrogen-bond donors (Lipinski definition) is 2. The smallest absolute Gasteiger partial charge is 0.353 e. The first-order valence-electron chi connectivity index (χ1n) is 5.59. The van der Waals surface area contributed by atoms with Gasteiger partial charge in [0.1, 0.15) is 29.9 Å². The Morgan fingerprint density at radius 1 is 1.35 bits per heavy atom. The van der Waals surface area contributed by atoms with E-state index in [1.165, 1.54) is 35.5 Å². The number of halogens is 1. The monoisotopic (exact) mass is 273 g/mol. The number of H-pyrrole nitrogens is 1. The number of carboxylic acids is 1. The van der Waals surface area contributed by atoms with Crippen LogP contribution in [0.1, 0.15) is 10.5 Å². The van der Waals surface area contributed by atoms with E-state index in [4.69, 9.17) is 5.11 Å². The number of aromatic carboxylic acids is 1. The Morgan fingerprint density at radius 2 is 2.20 bits per heavy atom. The molecule has 0 amide bonds. The molecule has 0 fully saturated rings. The highest BCUT2D eigenvalue weighted by atomic mass is 19.1. The van der Waals surface area contributed by atoms with Crippen LogP contribution in [0.5, 0.6) is 0 Å². The molecule has 100 valence electrons. The lowest BCUT2D eigenvalue weighted by Crippen LogP contribution is -1.98. The lowest BCUT2D eigenvalue weighted by molar-refractivity contribution is 0.0690. The van der Waals surface area contributed by atoms with Gasteiger partial charge in [-0.15, -0.1) is 0 Å². The van der Waals surface area contributed by atoms with Crippen LogP contribution in [0.2, 0.25) is 0 Å². The highest BCUT2D eigenvalue weighted by molar-refractivity contribution is 5.86. The molecule has 0 radical (unpaired) electrons. The first-order chi connectivity index (χ1) is 9.65. The molecule has 7 nitrogen and oxygen atoms in total. The maximum Gasteiger partial charge on any atom is 0.353 e. The number of aromatic nitrogens is 5. The third-order valence-electron chi connectivity index (χ3n) is 2.72. The van der Waals surface area contributed by atoms with Crippen LogP contribution < -0.4 is 0 Å². The summed E-state index contributed by atoms with van der Waals surface area (Å²) in [6.45, 7) is 0. The van der Waals surface area contributed by atoms with Crippen LogP contribution in [0, 0.1) is 5.82 Å². The highest BCUT2D eigenvalue weighted by Gasteiger charge is 2.12. The molecule has 1 aromatic carbocycles. The van der Waals surface area contributed by atoms with E-state index in [1.807, 2.05) is 0 Å². The molecule has 20 heavy (non-hydrogen) atoms. The van der Waals surface area contributed by atoms with Gasteiger partial charge in [0.05, 0.1) is 5.69 Å². The fourth-order valence-electron chi connectivity index (χ4n) is 1.76. The number of aromatic amines is 1. The van der Waals surface area contributed by atoms with Gasteiger partial charge in [-0.25, -0.2) is 18.9 Å². The highest BCUT2D eigenvalue weighted by Crippen LogP contribution is 2.22. The van der Waals surface area contributed by atoms with Gasteiger partial charge in [-0.05, 0) is 18.2 Å². The minimum absolute atomic E-state index is 0.0549. The zero-order valence-electron chi connectivity index (χ0n) is 9.99. The second kappa shape index (κ2) is 4.57. The van der Waals surface area contributed by atoms with Crippen molar-refractivity contribution in [2.24, 2.45) is 0 Å². The van der Waals surface area contributed by atoms with E-state index < -0.39 is 11.8 Å². The SMILES string of the molecule is O=C(O)c1cc(-c2ccc(-n3cncn3)c(F)c2)n[nH]1. The Kier molecular flexibility index (Phi) is 2.75. The quantitative estimate of drug-likeness (QED) is 0.753. The van der Waals surface area contributed by atoms with Gasteiger partial charge in [-0.2, -0.15) is 10.2 Å². The molecule has 3 aromatic rings. The molecule has 0 atom stereocenters. The summed E-state index contributed by atoms with van der Waals surface area (Å²) in [5.74, 6) is -1.63. The fourth-order valence-corrected chi connectivity index (χ4v) is 1.76. The number of carbonyl (C=O) groups is 1. The maximum absolute atomic E-state index is 14.0. The van der Waals surface area contributed by atoms with Crippen LogP contribution in [0.15, 0.2) is 36.9 Å². The Bertz CT molecular complexity index is 766. The van der Waals surface area contributed by atoms with Crippen molar-refractivity contribution in [2.75, 3.05) is 0 Å². The molecule has 8 heteroatoms. The molecule has 2 heterocycles. The summed E-state index contributed by atoms with van der Waals surface area (Å²) in [6, 6.07) is 5.75. The molecule has 0 unspecified atom stereocenters. The van der Waals surface area contributed by atoms with Crippen LogP contribution >= 0.6 is 0 Å². The molecule has 0 aliphatic carbocycles. The van der Waals surface area contributed by atoms with Crippen LogP contribution in [0.4, 0.5) is 4.39 Å². The predicted molar refractivity (Wildman–Crippen MR) is 65.9 cm³/mol. The molecule has 0 bridgehead atoms. The molecule has 3 rings (SSSR count). The average molecular weight is 273 g/mol. The Hall–Kier alpha value is -3.03. The molecule has 0 spiro atoms. The molecular formula is C12H8FN5O2. The van der Waals surface area contributed by atoms with Gasteiger partial charge in [0.2, 0.25) is 0 Å². The van der Waals surface area contributed by atoms with Gasteiger partial charge in [-0.3, -0.25) is 5.10 Å². The summed E-state index contributed by atoms with van der Waals surface area (Å²) < 4.78 is 15.3. The van der Waals surface area contributed by atoms with Crippen molar-refractivity contribution in [3.05, 3.63) is 48.4 Å². The van der Waals surface area contributed by atoms with Crippen LogP contribution in [-0.2, 0) is 0 Å². The second-order valence-corrected chi connectivity index (χ2v) is 3.98. The largest absolute Gasteiger partial charge is 0.477 e. The predicted octanol–water partition coefficient (Wildman–Crippen LogP) is 1.49. The Balaban J connectivity index is 1.99. The first kappa shape index (κ1) is 12.0. The maximum atomic E-state index is 14.0. The van der Waals surface area contributed by atoms with Crippen molar-refractivity contribution in [1.29, 1.82) is 0 Å². The molecule has 0 aliphatic heterocycles. The van der Waals surface area contributed by atoms with E-state index in [-0.39, 0.29) is 11.4 Å². The van der Waals surface area contributed by atoms with Gasteiger partial charge in [0, 0.05) is 5.56 Å². The fraction of sp³-hybridized carbons (Fsp3) is 0. The van der Waals surface area contributed by atoms with E-state index in [1.54, 1.807) is 6.07 Å². The summed E-state index contributed by atoms with van der Waals surface area (Å²) >= 11 is 0. The first-order valence-corrected chi connectivity index (χ1v) is 5.59. The minimum atomic E-state index is -1.12. The summed E-state index contributed by atoms with van der Waals surface area (Å²) in [4.78, 5) is 14.5. The normalized spacial score (nSPS) is 10.7. The van der Waals surface area contributed by atoms with Crippen molar-refractivity contribution >= 4 is 5.97 Å². The van der Waals surface area contributed by atoms with Gasteiger partial charge in [-0.1, -0.05) is 6.07 Å². The zero-order valence-corrected chi connectivity index (χ0v) is 9.99. The summed E-state index contributed by atoms with van der Waals surface area (Å²) in [5.41, 5.74) is 1.02. The van der Waals surface area contributed by atoms with E-state index in [0.717, 1.165) is 0 Å². The molecule has 0 saturated carbocycles. The number of carboxylic acid groups (broad SMARTS) is 1. The van der Waals surface area contributed by atoms with Crippen molar-refractivity contribution < 1.29 is 14.3 Å². The Morgan fingerprint density at radius 3 is 2.80 bits per heavy atom. The average Bonchev–Trinajstić information content (AvgIpc) is 3.10. The van der Waals surface area contributed by atoms with Crippen molar-refractivity contribution in [1.82, 2.24) is 25.0 Å². The van der Waals surface area contributed by atoms with Gasteiger partial charge in [0.25, 0.3) is 0 Å². The number of hydrogen-bond acceptors (Lipinski definition) is 4. The number of rotatable bonds is 3. The van der Waals surface area contributed by atoms with Crippen LogP contribution in [0.3, 0.4) is 0 Å². The van der Waals surface area contributed by atoms with E-state index in [2.05, 4.69) is 20.3 Å².